The monoisotopic (exact) mass is 276 g/mol. The van der Waals surface area contributed by atoms with Crippen LogP contribution in [0.5, 0.6) is 5.75 Å². The van der Waals surface area contributed by atoms with Gasteiger partial charge in [0.1, 0.15) is 5.75 Å². The number of rotatable bonds is 4. The minimum atomic E-state index is -0.143. The SMILES string of the molecule is Cc1ccc(OCNC(=O)NC2CCCCC2C)cc1. The van der Waals surface area contributed by atoms with Crippen molar-refractivity contribution < 1.29 is 9.53 Å². The Hall–Kier alpha value is -1.71. The number of benzene rings is 1. The summed E-state index contributed by atoms with van der Waals surface area (Å²) in [6, 6.07) is 7.92. The average molecular weight is 276 g/mol. The van der Waals surface area contributed by atoms with Gasteiger partial charge >= 0.3 is 6.03 Å². The molecule has 2 atom stereocenters. The van der Waals surface area contributed by atoms with Crippen LogP contribution < -0.4 is 15.4 Å². The molecular formula is C16H24N2O2. The number of ether oxygens (including phenoxy) is 1. The maximum atomic E-state index is 11.8. The highest BCUT2D eigenvalue weighted by Gasteiger charge is 2.22. The van der Waals surface area contributed by atoms with Crippen molar-refractivity contribution in [2.75, 3.05) is 6.73 Å². The van der Waals surface area contributed by atoms with Crippen LogP contribution in [0.3, 0.4) is 0 Å². The standard InChI is InChI=1S/C16H24N2O2/c1-12-7-9-14(10-8-12)20-11-17-16(19)18-15-6-4-3-5-13(15)2/h7-10,13,15H,3-6,11H2,1-2H3,(H2,17,18,19). The predicted molar refractivity (Wildman–Crippen MR) is 79.8 cm³/mol. The van der Waals surface area contributed by atoms with E-state index in [0.29, 0.717) is 12.0 Å². The van der Waals surface area contributed by atoms with E-state index < -0.39 is 0 Å². The minimum absolute atomic E-state index is 0.143. The second kappa shape index (κ2) is 7.17. The molecule has 2 unspecified atom stereocenters. The zero-order valence-corrected chi connectivity index (χ0v) is 12.3. The first-order valence-corrected chi connectivity index (χ1v) is 7.39. The van der Waals surface area contributed by atoms with Crippen molar-refractivity contribution in [2.24, 2.45) is 5.92 Å². The summed E-state index contributed by atoms with van der Waals surface area (Å²) in [5.74, 6) is 1.33. The Balaban J connectivity index is 1.68. The highest BCUT2D eigenvalue weighted by atomic mass is 16.5. The van der Waals surface area contributed by atoms with Gasteiger partial charge in [0.15, 0.2) is 6.73 Å². The maximum absolute atomic E-state index is 11.8. The summed E-state index contributed by atoms with van der Waals surface area (Å²) in [4.78, 5) is 11.8. The van der Waals surface area contributed by atoms with Crippen LogP contribution in [0.25, 0.3) is 0 Å². The lowest BCUT2D eigenvalue weighted by atomic mass is 9.86. The molecule has 0 radical (unpaired) electrons. The molecule has 1 saturated carbocycles. The summed E-state index contributed by atoms with van der Waals surface area (Å²) < 4.78 is 5.48. The third-order valence-corrected chi connectivity index (χ3v) is 3.92. The van der Waals surface area contributed by atoms with E-state index in [1.807, 2.05) is 31.2 Å². The van der Waals surface area contributed by atoms with Gasteiger partial charge in [-0.05, 0) is 37.8 Å². The van der Waals surface area contributed by atoms with Gasteiger partial charge in [0.05, 0.1) is 0 Å². The second-order valence-electron chi connectivity index (χ2n) is 5.62. The van der Waals surface area contributed by atoms with E-state index in [1.165, 1.54) is 24.8 Å². The molecule has 2 amide bonds. The Bertz CT molecular complexity index is 431. The van der Waals surface area contributed by atoms with Gasteiger partial charge in [0, 0.05) is 6.04 Å². The fourth-order valence-electron chi connectivity index (χ4n) is 2.57. The van der Waals surface area contributed by atoms with Gasteiger partial charge in [-0.15, -0.1) is 0 Å². The summed E-state index contributed by atoms with van der Waals surface area (Å²) in [5, 5.41) is 5.78. The normalized spacial score (nSPS) is 22.1. The largest absolute Gasteiger partial charge is 0.473 e. The van der Waals surface area contributed by atoms with Gasteiger partial charge in [0.2, 0.25) is 0 Å². The van der Waals surface area contributed by atoms with Crippen LogP contribution in [0, 0.1) is 12.8 Å². The number of urea groups is 1. The molecule has 0 bridgehead atoms. The lowest BCUT2D eigenvalue weighted by molar-refractivity contribution is 0.208. The van der Waals surface area contributed by atoms with E-state index in [9.17, 15) is 4.79 Å². The summed E-state index contributed by atoms with van der Waals surface area (Å²) >= 11 is 0. The van der Waals surface area contributed by atoms with Crippen LogP contribution in [0.4, 0.5) is 4.79 Å². The highest BCUT2D eigenvalue weighted by molar-refractivity contribution is 5.74. The molecule has 2 N–H and O–H groups in total. The number of carbonyl (C=O) groups excluding carboxylic acids is 1. The van der Waals surface area contributed by atoms with Gasteiger partial charge in [-0.2, -0.15) is 0 Å². The smallest absolute Gasteiger partial charge is 0.317 e. The molecular weight excluding hydrogens is 252 g/mol. The van der Waals surface area contributed by atoms with Gasteiger partial charge < -0.3 is 15.4 Å². The maximum Gasteiger partial charge on any atom is 0.317 e. The molecule has 1 aliphatic rings. The van der Waals surface area contributed by atoms with Crippen molar-refractivity contribution in [3.8, 4) is 5.75 Å². The van der Waals surface area contributed by atoms with Crippen LogP contribution in [0.1, 0.15) is 38.2 Å². The third-order valence-electron chi connectivity index (χ3n) is 3.92. The van der Waals surface area contributed by atoms with E-state index in [4.69, 9.17) is 4.74 Å². The molecule has 1 aromatic carbocycles. The van der Waals surface area contributed by atoms with Gasteiger partial charge in [-0.1, -0.05) is 37.5 Å². The average Bonchev–Trinajstić information content (AvgIpc) is 2.44. The molecule has 4 nitrogen and oxygen atoms in total. The third kappa shape index (κ3) is 4.44. The molecule has 0 aliphatic heterocycles. The molecule has 0 heterocycles. The van der Waals surface area contributed by atoms with Crippen LogP contribution in [-0.4, -0.2) is 18.8 Å². The van der Waals surface area contributed by atoms with E-state index in [-0.39, 0.29) is 12.8 Å². The van der Waals surface area contributed by atoms with Gasteiger partial charge in [-0.3, -0.25) is 0 Å². The fourth-order valence-corrected chi connectivity index (χ4v) is 2.57. The molecule has 110 valence electrons. The van der Waals surface area contributed by atoms with Crippen molar-refractivity contribution in [3.05, 3.63) is 29.8 Å². The topological polar surface area (TPSA) is 50.4 Å². The van der Waals surface area contributed by atoms with Crippen molar-refractivity contribution in [3.63, 3.8) is 0 Å². The first-order valence-electron chi connectivity index (χ1n) is 7.39. The number of amides is 2. The summed E-state index contributed by atoms with van der Waals surface area (Å²) in [6.45, 7) is 4.42. The van der Waals surface area contributed by atoms with Crippen molar-refractivity contribution in [2.45, 2.75) is 45.6 Å². The number of aryl methyl sites for hydroxylation is 1. The number of hydrogen-bond donors (Lipinski definition) is 2. The van der Waals surface area contributed by atoms with E-state index in [1.54, 1.807) is 0 Å². The van der Waals surface area contributed by atoms with Crippen molar-refractivity contribution in [1.82, 2.24) is 10.6 Å². The first kappa shape index (κ1) is 14.7. The summed E-state index contributed by atoms with van der Waals surface area (Å²) in [5.41, 5.74) is 1.19. The quantitative estimate of drug-likeness (QED) is 0.830. The van der Waals surface area contributed by atoms with Crippen molar-refractivity contribution in [1.29, 1.82) is 0 Å². The van der Waals surface area contributed by atoms with E-state index in [2.05, 4.69) is 17.6 Å². The lowest BCUT2D eigenvalue weighted by Crippen LogP contribution is -2.46. The summed E-state index contributed by atoms with van der Waals surface area (Å²) in [6.07, 6.45) is 4.75. The van der Waals surface area contributed by atoms with Crippen LogP contribution >= 0.6 is 0 Å². The Morgan fingerprint density at radius 1 is 1.25 bits per heavy atom. The Kier molecular flexibility index (Phi) is 5.27. The summed E-state index contributed by atoms with van der Waals surface area (Å²) in [7, 11) is 0. The zero-order chi connectivity index (χ0) is 14.4. The fraction of sp³-hybridized carbons (Fsp3) is 0.562. The van der Waals surface area contributed by atoms with E-state index in [0.717, 1.165) is 12.2 Å². The second-order valence-corrected chi connectivity index (χ2v) is 5.62. The number of hydrogen-bond acceptors (Lipinski definition) is 2. The van der Waals surface area contributed by atoms with Crippen LogP contribution in [0.2, 0.25) is 0 Å². The molecule has 1 aliphatic carbocycles. The first-order chi connectivity index (χ1) is 9.65. The molecule has 20 heavy (non-hydrogen) atoms. The highest BCUT2D eigenvalue weighted by Crippen LogP contribution is 2.23. The Labute approximate surface area is 120 Å². The molecule has 0 spiro atoms. The molecule has 4 heteroatoms. The molecule has 0 saturated heterocycles. The van der Waals surface area contributed by atoms with E-state index >= 15 is 0 Å². The molecule has 0 aromatic heterocycles. The minimum Gasteiger partial charge on any atom is -0.473 e. The Morgan fingerprint density at radius 2 is 1.95 bits per heavy atom. The zero-order valence-electron chi connectivity index (χ0n) is 12.3. The number of carbonyl (C=O) groups is 1. The molecule has 1 fully saturated rings. The number of nitrogens with one attached hydrogen (secondary N) is 2. The Morgan fingerprint density at radius 3 is 2.65 bits per heavy atom. The van der Waals surface area contributed by atoms with Crippen LogP contribution in [0.15, 0.2) is 24.3 Å². The molecule has 2 rings (SSSR count). The van der Waals surface area contributed by atoms with Gasteiger partial charge in [-0.25, -0.2) is 4.79 Å². The van der Waals surface area contributed by atoms with Crippen LogP contribution in [-0.2, 0) is 0 Å². The van der Waals surface area contributed by atoms with Gasteiger partial charge in [0.25, 0.3) is 0 Å². The lowest BCUT2D eigenvalue weighted by Gasteiger charge is -2.29. The predicted octanol–water partition coefficient (Wildman–Crippen LogP) is 3.21. The molecule has 1 aromatic rings. The van der Waals surface area contributed by atoms with Crippen molar-refractivity contribution >= 4 is 6.03 Å².